The summed E-state index contributed by atoms with van der Waals surface area (Å²) in [5.74, 6) is 0.301. The van der Waals surface area contributed by atoms with Gasteiger partial charge in [0.15, 0.2) is 0 Å². The van der Waals surface area contributed by atoms with E-state index in [2.05, 4.69) is 30.5 Å². The summed E-state index contributed by atoms with van der Waals surface area (Å²) in [7, 11) is 1.69. The van der Waals surface area contributed by atoms with Crippen molar-refractivity contribution in [3.8, 4) is 11.4 Å². The molecule has 2 aromatic carbocycles. The van der Waals surface area contributed by atoms with Crippen LogP contribution in [0.4, 0.5) is 0 Å². The Kier molecular flexibility index (Phi) is 7.24. The van der Waals surface area contributed by atoms with Crippen LogP contribution in [-0.2, 0) is 17.8 Å². The average molecular weight is 458 g/mol. The summed E-state index contributed by atoms with van der Waals surface area (Å²) in [6, 6.07) is 19.0. The summed E-state index contributed by atoms with van der Waals surface area (Å²) in [5, 5.41) is 16.8. The molecule has 4 aromatic rings. The van der Waals surface area contributed by atoms with E-state index in [9.17, 15) is 4.79 Å². The van der Waals surface area contributed by atoms with E-state index in [1.54, 1.807) is 25.5 Å². The third-order valence-electron chi connectivity index (χ3n) is 5.53. The van der Waals surface area contributed by atoms with Crippen LogP contribution in [0.15, 0.2) is 65.8 Å². The van der Waals surface area contributed by atoms with Crippen molar-refractivity contribution in [2.45, 2.75) is 26.9 Å². The van der Waals surface area contributed by atoms with Crippen molar-refractivity contribution in [3.63, 3.8) is 0 Å². The van der Waals surface area contributed by atoms with Crippen LogP contribution in [0.3, 0.4) is 0 Å². The molecule has 9 heteroatoms. The van der Waals surface area contributed by atoms with Crippen LogP contribution < -0.4 is 5.43 Å². The van der Waals surface area contributed by atoms with Crippen molar-refractivity contribution >= 4 is 12.1 Å². The fourth-order valence-corrected chi connectivity index (χ4v) is 3.65. The van der Waals surface area contributed by atoms with Gasteiger partial charge in [-0.25, -0.2) is 5.43 Å². The second-order valence-electron chi connectivity index (χ2n) is 7.88. The predicted molar refractivity (Wildman–Crippen MR) is 130 cm³/mol. The highest BCUT2D eigenvalue weighted by Gasteiger charge is 2.09. The van der Waals surface area contributed by atoms with Crippen LogP contribution in [0.25, 0.3) is 11.4 Å². The number of hydrogen-bond acceptors (Lipinski definition) is 6. The fraction of sp³-hybridized carbons (Fsp3) is 0.240. The molecule has 4 rings (SSSR count). The van der Waals surface area contributed by atoms with Crippen LogP contribution >= 0.6 is 0 Å². The molecule has 1 amide bonds. The molecule has 0 aliphatic carbocycles. The van der Waals surface area contributed by atoms with Gasteiger partial charge in [-0.05, 0) is 42.8 Å². The predicted octanol–water partition coefficient (Wildman–Crippen LogP) is 3.22. The second-order valence-corrected chi connectivity index (χ2v) is 7.88. The Morgan fingerprint density at radius 3 is 2.62 bits per heavy atom. The molecule has 0 bridgehead atoms. The number of carbonyl (C=O) groups excluding carboxylic acids is 1. The van der Waals surface area contributed by atoms with Gasteiger partial charge < -0.3 is 9.30 Å². The van der Waals surface area contributed by atoms with Crippen molar-refractivity contribution < 1.29 is 9.53 Å². The Morgan fingerprint density at radius 2 is 1.88 bits per heavy atom. The first-order chi connectivity index (χ1) is 16.5. The number of nitrogens with one attached hydrogen (secondary N) is 1. The first kappa shape index (κ1) is 23.1. The lowest BCUT2D eigenvalue weighted by molar-refractivity contribution is 0.0955. The third-order valence-corrected chi connectivity index (χ3v) is 5.53. The maximum absolute atomic E-state index is 12.5. The Balaban J connectivity index is 1.34. The van der Waals surface area contributed by atoms with E-state index in [-0.39, 0.29) is 5.91 Å². The van der Waals surface area contributed by atoms with E-state index in [0.717, 1.165) is 34.6 Å². The maximum atomic E-state index is 12.5. The summed E-state index contributed by atoms with van der Waals surface area (Å²) in [5.41, 5.74) is 8.14. The molecule has 9 nitrogen and oxygen atoms in total. The number of carbonyl (C=O) groups is 1. The molecule has 0 spiro atoms. The van der Waals surface area contributed by atoms with Crippen LogP contribution in [-0.4, -0.2) is 50.6 Å². The Labute approximate surface area is 198 Å². The molecular weight excluding hydrogens is 430 g/mol. The summed E-state index contributed by atoms with van der Waals surface area (Å²) in [6.07, 6.45) is 1.67. The first-order valence-electron chi connectivity index (χ1n) is 11.0. The molecule has 174 valence electrons. The van der Waals surface area contributed by atoms with Crippen LogP contribution in [0.1, 0.15) is 32.9 Å². The highest BCUT2D eigenvalue weighted by Crippen LogP contribution is 2.14. The zero-order chi connectivity index (χ0) is 23.9. The topological polar surface area (TPSA) is 99.2 Å². The molecule has 0 atom stereocenters. The van der Waals surface area contributed by atoms with Crippen molar-refractivity contribution in [2.24, 2.45) is 5.10 Å². The number of benzene rings is 2. The second kappa shape index (κ2) is 10.7. The van der Waals surface area contributed by atoms with Gasteiger partial charge in [-0.2, -0.15) is 9.90 Å². The Morgan fingerprint density at radius 1 is 1.12 bits per heavy atom. The molecule has 0 fully saturated rings. The van der Waals surface area contributed by atoms with E-state index in [4.69, 9.17) is 4.74 Å². The standard InChI is InChI=1S/C25H27N7O2/c1-18-15-23(19(2)31(18)13-14-34-3)16-26-28-25(33)22-11-9-20(10-12-22)17-32-29-24(27-30-32)21-7-5-4-6-8-21/h4-12,15-16H,13-14,17H2,1-3H3,(H,28,33). The highest BCUT2D eigenvalue weighted by atomic mass is 16.5. The van der Waals surface area contributed by atoms with Gasteiger partial charge >= 0.3 is 0 Å². The van der Waals surface area contributed by atoms with Crippen LogP contribution in [0.2, 0.25) is 0 Å². The number of hydrazone groups is 1. The molecule has 0 aliphatic rings. The molecule has 1 N–H and O–H groups in total. The van der Waals surface area contributed by atoms with Crippen molar-refractivity contribution in [1.82, 2.24) is 30.2 Å². The van der Waals surface area contributed by atoms with Gasteiger partial charge in [-0.15, -0.1) is 10.2 Å². The number of nitrogens with zero attached hydrogens (tertiary/aromatic N) is 6. The third kappa shape index (κ3) is 5.44. The van der Waals surface area contributed by atoms with E-state index in [0.29, 0.717) is 24.5 Å². The molecular formula is C25H27N7O2. The van der Waals surface area contributed by atoms with Gasteiger partial charge in [0.1, 0.15) is 0 Å². The quantitative estimate of drug-likeness (QED) is 0.307. The van der Waals surface area contributed by atoms with Crippen LogP contribution in [0.5, 0.6) is 0 Å². The number of hydrogen-bond donors (Lipinski definition) is 1. The van der Waals surface area contributed by atoms with Gasteiger partial charge in [0.2, 0.25) is 5.82 Å². The van der Waals surface area contributed by atoms with E-state index in [1.807, 2.05) is 62.4 Å². The van der Waals surface area contributed by atoms with Gasteiger partial charge in [0.25, 0.3) is 5.91 Å². The van der Waals surface area contributed by atoms with E-state index >= 15 is 0 Å². The lowest BCUT2D eigenvalue weighted by Gasteiger charge is -2.08. The Bertz CT molecular complexity index is 1270. The number of aryl methyl sites for hydroxylation is 1. The number of methoxy groups -OCH3 is 1. The molecule has 2 heterocycles. The minimum Gasteiger partial charge on any atom is -0.383 e. The van der Waals surface area contributed by atoms with Gasteiger partial charge in [0, 0.05) is 41.7 Å². The molecule has 2 aromatic heterocycles. The maximum Gasteiger partial charge on any atom is 0.271 e. The summed E-state index contributed by atoms with van der Waals surface area (Å²) >= 11 is 0. The highest BCUT2D eigenvalue weighted by molar-refractivity contribution is 5.95. The zero-order valence-electron chi connectivity index (χ0n) is 19.5. The zero-order valence-corrected chi connectivity index (χ0v) is 19.5. The van der Waals surface area contributed by atoms with Crippen LogP contribution in [0, 0.1) is 13.8 Å². The lowest BCUT2D eigenvalue weighted by Crippen LogP contribution is -2.17. The monoisotopic (exact) mass is 457 g/mol. The van der Waals surface area contributed by atoms with Crippen molar-refractivity contribution in [2.75, 3.05) is 13.7 Å². The fourth-order valence-electron chi connectivity index (χ4n) is 3.65. The van der Waals surface area contributed by atoms with E-state index in [1.165, 1.54) is 4.80 Å². The largest absolute Gasteiger partial charge is 0.383 e. The molecule has 0 unspecified atom stereocenters. The number of aromatic nitrogens is 5. The minimum atomic E-state index is -0.277. The number of tetrazole rings is 1. The molecule has 34 heavy (non-hydrogen) atoms. The van der Waals surface area contributed by atoms with Gasteiger partial charge in [-0.1, -0.05) is 42.5 Å². The smallest absolute Gasteiger partial charge is 0.271 e. The number of rotatable bonds is 9. The molecule has 0 aliphatic heterocycles. The van der Waals surface area contributed by atoms with Crippen molar-refractivity contribution in [1.29, 1.82) is 0 Å². The summed E-state index contributed by atoms with van der Waals surface area (Å²) < 4.78 is 7.33. The van der Waals surface area contributed by atoms with Gasteiger partial charge in [0.05, 0.1) is 19.4 Å². The first-order valence-corrected chi connectivity index (χ1v) is 11.0. The molecule has 0 radical (unpaired) electrons. The summed E-state index contributed by atoms with van der Waals surface area (Å²) in [6.45, 7) is 5.94. The number of ether oxygens (including phenoxy) is 1. The Hall–Kier alpha value is -4.11. The normalized spacial score (nSPS) is 11.3. The van der Waals surface area contributed by atoms with E-state index < -0.39 is 0 Å². The van der Waals surface area contributed by atoms with Gasteiger partial charge in [-0.3, -0.25) is 4.79 Å². The SMILES string of the molecule is COCCn1c(C)cc(C=NNC(=O)c2ccc(Cn3nnc(-c4ccccc4)n3)cc2)c1C. The lowest BCUT2D eigenvalue weighted by atomic mass is 10.1. The average Bonchev–Trinajstić information content (AvgIpc) is 3.43. The summed E-state index contributed by atoms with van der Waals surface area (Å²) in [4.78, 5) is 14.0. The molecule has 0 saturated heterocycles. The molecule has 0 saturated carbocycles. The van der Waals surface area contributed by atoms with Crippen molar-refractivity contribution in [3.05, 3.63) is 88.7 Å². The number of amides is 1. The minimum absolute atomic E-state index is 0.277.